The molecule has 0 saturated heterocycles. The van der Waals surface area contributed by atoms with E-state index in [4.69, 9.17) is 48.5 Å². The fraction of sp³-hybridized carbons (Fsp3) is 0.194. The maximum absolute atomic E-state index is 13.5. The average molecular weight is 1330 g/mol. The zero-order valence-electron chi connectivity index (χ0n) is 50.7. The minimum absolute atomic E-state index is 0.0488. The molecule has 9 rings (SSSR count). The summed E-state index contributed by atoms with van der Waals surface area (Å²) in [6, 6.07) is 40.4. The summed E-state index contributed by atoms with van der Waals surface area (Å²) in [6.45, 7) is 4.17. The van der Waals surface area contributed by atoms with Crippen LogP contribution < -0.4 is 30.6 Å². The van der Waals surface area contributed by atoms with E-state index in [1.165, 1.54) is 106 Å². The number of furan rings is 3. The number of carboxylic acids is 2. The van der Waals surface area contributed by atoms with Crippen LogP contribution in [0.15, 0.2) is 177 Å². The van der Waals surface area contributed by atoms with Gasteiger partial charge in [-0.2, -0.15) is 39.5 Å². The zero-order valence-corrected chi connectivity index (χ0v) is 50.7. The summed E-state index contributed by atoms with van der Waals surface area (Å²) < 4.78 is 158. The van der Waals surface area contributed by atoms with Gasteiger partial charge in [-0.3, -0.25) is 24.0 Å². The van der Waals surface area contributed by atoms with Crippen molar-refractivity contribution in [3.8, 4) is 51.2 Å². The molecule has 0 spiro atoms. The number of esters is 2. The summed E-state index contributed by atoms with van der Waals surface area (Å²) >= 11 is 0. The molecular formula is C67H58F9N3O16. The van der Waals surface area contributed by atoms with Gasteiger partial charge < -0.3 is 63.5 Å². The number of carboxylic acid groups (broad SMARTS) is 2. The summed E-state index contributed by atoms with van der Waals surface area (Å²) in [6.07, 6.45) is -14.4. The molecule has 0 aliphatic rings. The molecule has 95 heavy (non-hydrogen) atoms. The highest BCUT2D eigenvalue weighted by molar-refractivity contribution is 6.06. The van der Waals surface area contributed by atoms with E-state index in [-0.39, 0.29) is 54.1 Å². The Labute approximate surface area is 534 Å². The second-order valence-electron chi connectivity index (χ2n) is 19.6. The van der Waals surface area contributed by atoms with E-state index in [0.29, 0.717) is 63.8 Å². The Kier molecular flexibility index (Phi) is 25.0. The van der Waals surface area contributed by atoms with E-state index >= 15 is 0 Å². The van der Waals surface area contributed by atoms with Crippen LogP contribution in [-0.4, -0.2) is 80.4 Å². The molecule has 0 aliphatic carbocycles. The van der Waals surface area contributed by atoms with Crippen molar-refractivity contribution in [3.05, 3.63) is 214 Å². The van der Waals surface area contributed by atoms with Gasteiger partial charge in [0.25, 0.3) is 11.8 Å². The molecule has 0 atom stereocenters. The van der Waals surface area contributed by atoms with Crippen molar-refractivity contribution < 1.29 is 115 Å². The number of benzene rings is 6. The smallest absolute Gasteiger partial charge is 0.450 e. The third-order valence-electron chi connectivity index (χ3n) is 12.9. The molecule has 2 amide bonds. The lowest BCUT2D eigenvalue weighted by Crippen LogP contribution is -2.17. The molecule has 28 heteroatoms. The number of carbonyl (C=O) groups excluding carboxylic acids is 4. The predicted octanol–water partition coefficient (Wildman–Crippen LogP) is 15.2. The molecule has 0 aliphatic heterocycles. The summed E-state index contributed by atoms with van der Waals surface area (Å²) in [4.78, 5) is 69.2. The van der Waals surface area contributed by atoms with Gasteiger partial charge in [0, 0.05) is 33.8 Å². The van der Waals surface area contributed by atoms with Crippen molar-refractivity contribution in [3.63, 3.8) is 0 Å². The van der Waals surface area contributed by atoms with Crippen molar-refractivity contribution in [2.24, 2.45) is 0 Å². The molecule has 19 nitrogen and oxygen atoms in total. The largest absolute Gasteiger partial charge is 0.497 e. The number of amides is 2. The Morgan fingerprint density at radius 1 is 0.421 bits per heavy atom. The summed E-state index contributed by atoms with van der Waals surface area (Å²) in [5, 5.41) is 22.4. The number of aromatic carboxylic acids is 1. The van der Waals surface area contributed by atoms with Gasteiger partial charge in [0.2, 0.25) is 17.3 Å². The van der Waals surface area contributed by atoms with Crippen molar-refractivity contribution >= 4 is 52.8 Å². The third-order valence-corrected chi connectivity index (χ3v) is 12.9. The Bertz CT molecular complexity index is 4050. The van der Waals surface area contributed by atoms with Crippen LogP contribution >= 0.6 is 0 Å². The monoisotopic (exact) mass is 1330 g/mol. The fourth-order valence-electron chi connectivity index (χ4n) is 8.37. The SMILES string of the molecule is CCOC(=O)Cc1ccc(N)cc1.CCOC(=O)Cc1ccc(NC(=O)c2cc(-c3ccc(OC)cc3)oc2C(F)(F)F)cc1.COc1ccc(-c2cc(C(=O)Nc3ccc(CC(=O)O)cc3)c(C(F)(F)F)o2)cc1.COc1ccc(-c2cc(C(=O)O)c(C(F)(F)F)o2)cc1. The Morgan fingerprint density at radius 3 is 0.968 bits per heavy atom. The molecule has 0 fully saturated rings. The normalized spacial score (nSPS) is 11.0. The molecule has 0 radical (unpaired) electrons. The number of alkyl halides is 9. The summed E-state index contributed by atoms with van der Waals surface area (Å²) in [5.41, 5.74) is 7.55. The molecule has 0 unspecified atom stereocenters. The van der Waals surface area contributed by atoms with Crippen LogP contribution in [0, 0.1) is 0 Å². The fourth-order valence-corrected chi connectivity index (χ4v) is 8.37. The Balaban J connectivity index is 0.000000210. The van der Waals surface area contributed by atoms with Gasteiger partial charge in [-0.15, -0.1) is 0 Å². The van der Waals surface area contributed by atoms with Crippen LogP contribution in [-0.2, 0) is 61.6 Å². The third kappa shape index (κ3) is 21.3. The average Bonchev–Trinajstić information content (AvgIpc) is 1.67. The van der Waals surface area contributed by atoms with Gasteiger partial charge >= 0.3 is 42.4 Å². The van der Waals surface area contributed by atoms with Crippen LogP contribution in [0.2, 0.25) is 0 Å². The number of aliphatic carboxylic acids is 1. The van der Waals surface area contributed by atoms with Crippen LogP contribution in [0.4, 0.5) is 56.6 Å². The minimum Gasteiger partial charge on any atom is -0.497 e. The molecule has 9 aromatic rings. The second kappa shape index (κ2) is 32.7. The van der Waals surface area contributed by atoms with E-state index in [9.17, 15) is 68.3 Å². The van der Waals surface area contributed by atoms with E-state index in [2.05, 4.69) is 15.1 Å². The first-order chi connectivity index (χ1) is 44.9. The topological polar surface area (TPSA) is 279 Å². The standard InChI is InChI=1S/C23H20F3NO5.C21H16F3NO5.C13H9F3O4.C10H13NO2/c1-3-31-20(28)12-14-4-8-16(9-5-14)27-22(29)18-13-19(32-21(18)23(24,25)26)15-6-10-17(30-2)11-7-15;1-29-15-8-4-13(5-9-15)17-11-16(19(30-17)21(22,23)24)20(28)25-14-6-2-12(3-7-14)10-18(26)27;1-19-8-4-2-7(3-5-8)10-6-9(12(17)18)11(20-10)13(14,15)16;1-2-13-10(12)7-8-3-5-9(11)6-4-8/h4-11,13H,3,12H2,1-2H3,(H,27,29);2-9,11H,10H2,1H3,(H,25,28)(H,26,27);2-6H,1H3,(H,17,18);3-6H,2,7,11H2,1H3. The van der Waals surface area contributed by atoms with Gasteiger partial charge in [0.15, 0.2) is 0 Å². The highest BCUT2D eigenvalue weighted by atomic mass is 19.4. The van der Waals surface area contributed by atoms with E-state index < -0.39 is 82.2 Å². The lowest BCUT2D eigenvalue weighted by Gasteiger charge is -2.08. The molecule has 3 aromatic heterocycles. The van der Waals surface area contributed by atoms with E-state index in [1.54, 1.807) is 62.4 Å². The van der Waals surface area contributed by atoms with Gasteiger partial charge in [0.1, 0.15) is 40.1 Å². The number of hydrogen-bond donors (Lipinski definition) is 5. The number of carbonyl (C=O) groups is 6. The van der Waals surface area contributed by atoms with E-state index in [1.807, 2.05) is 12.1 Å². The first kappa shape index (κ1) is 72.6. The van der Waals surface area contributed by atoms with Crippen molar-refractivity contribution in [1.82, 2.24) is 0 Å². The van der Waals surface area contributed by atoms with Gasteiger partial charge in [-0.05, 0) is 158 Å². The molecule has 6 N–H and O–H groups in total. The number of rotatable bonds is 19. The second-order valence-corrected chi connectivity index (χ2v) is 19.6. The highest BCUT2D eigenvalue weighted by Crippen LogP contribution is 2.41. The van der Waals surface area contributed by atoms with Crippen LogP contribution in [0.25, 0.3) is 34.0 Å². The maximum Gasteiger partial charge on any atom is 0.450 e. The van der Waals surface area contributed by atoms with Crippen molar-refractivity contribution in [1.29, 1.82) is 0 Å². The first-order valence-electron chi connectivity index (χ1n) is 27.9. The summed E-state index contributed by atoms with van der Waals surface area (Å²) in [5.74, 6) is -8.43. The molecular weight excluding hydrogens is 1270 g/mol. The van der Waals surface area contributed by atoms with Crippen LogP contribution in [0.5, 0.6) is 17.2 Å². The Morgan fingerprint density at radius 2 is 0.705 bits per heavy atom. The number of halogens is 9. The minimum atomic E-state index is -4.87. The molecule has 0 saturated carbocycles. The van der Waals surface area contributed by atoms with Gasteiger partial charge in [0.05, 0.1) is 64.9 Å². The van der Waals surface area contributed by atoms with Crippen molar-refractivity contribution in [2.45, 2.75) is 51.6 Å². The van der Waals surface area contributed by atoms with Gasteiger partial charge in [-0.25, -0.2) is 4.79 Å². The first-order valence-corrected chi connectivity index (χ1v) is 27.9. The van der Waals surface area contributed by atoms with Gasteiger partial charge in [-0.1, -0.05) is 36.4 Å². The highest BCUT2D eigenvalue weighted by Gasteiger charge is 2.43. The number of methoxy groups -OCH3 is 3. The van der Waals surface area contributed by atoms with Crippen molar-refractivity contribution in [2.75, 3.05) is 50.9 Å². The summed E-state index contributed by atoms with van der Waals surface area (Å²) in [7, 11) is 4.38. The number of nitrogen functional groups attached to an aromatic ring is 1. The predicted molar refractivity (Wildman–Crippen MR) is 326 cm³/mol. The number of nitrogens with one attached hydrogen (secondary N) is 2. The van der Waals surface area contributed by atoms with Crippen LogP contribution in [0.3, 0.4) is 0 Å². The maximum atomic E-state index is 13.5. The quantitative estimate of drug-likeness (QED) is 0.0286. The Hall–Kier alpha value is -11.5. The number of anilines is 3. The number of ether oxygens (including phenoxy) is 5. The van der Waals surface area contributed by atoms with E-state index in [0.717, 1.165) is 23.8 Å². The molecule has 6 aromatic carbocycles. The lowest BCUT2D eigenvalue weighted by atomic mass is 10.1. The number of nitrogens with two attached hydrogens (primary N) is 1. The lowest BCUT2D eigenvalue weighted by molar-refractivity contribution is -0.153. The molecule has 3 heterocycles. The molecule has 500 valence electrons. The zero-order chi connectivity index (χ0) is 69.8. The number of hydrogen-bond acceptors (Lipinski definition) is 15. The molecule has 0 bridgehead atoms. The van der Waals surface area contributed by atoms with Crippen LogP contribution in [0.1, 0.15) is 78.9 Å².